The van der Waals surface area contributed by atoms with Crippen LogP contribution in [0.5, 0.6) is 0 Å². The fraction of sp³-hybridized carbons (Fsp3) is 0.400. The van der Waals surface area contributed by atoms with Gasteiger partial charge in [-0.1, -0.05) is 48.5 Å². The zero-order valence-corrected chi connectivity index (χ0v) is 19.6. The van der Waals surface area contributed by atoms with Crippen molar-refractivity contribution in [2.45, 2.75) is 24.4 Å². The molecule has 0 saturated carbocycles. The number of hydrogen-bond donors (Lipinski definition) is 3. The van der Waals surface area contributed by atoms with E-state index in [-0.39, 0.29) is 25.6 Å². The largest absolute Gasteiger partial charge is 0.480 e. The van der Waals surface area contributed by atoms with E-state index in [0.29, 0.717) is 6.54 Å². The van der Waals surface area contributed by atoms with E-state index in [0.717, 1.165) is 22.3 Å². The van der Waals surface area contributed by atoms with Gasteiger partial charge in [0, 0.05) is 19.6 Å². The molecule has 0 aliphatic heterocycles. The van der Waals surface area contributed by atoms with Gasteiger partial charge in [0.25, 0.3) is 0 Å². The standard InChI is InChI=1S/C25H31N3O6/c1-28(2)13-12-21(24(30)31)26-23(29)22(15-33-3)27-25(32)34-14-20-18-10-6-4-8-16(18)17-9-5-7-11-19(17)20/h4-11,20-22H,12-15H2,1-3H3,(H,26,29)(H,27,32)(H,30,31). The Morgan fingerprint density at radius 1 is 0.971 bits per heavy atom. The molecule has 0 heterocycles. The summed E-state index contributed by atoms with van der Waals surface area (Å²) in [4.78, 5) is 38.6. The Morgan fingerprint density at radius 3 is 2.09 bits per heavy atom. The van der Waals surface area contributed by atoms with Crippen molar-refractivity contribution >= 4 is 18.0 Å². The van der Waals surface area contributed by atoms with Crippen LogP contribution in [0.2, 0.25) is 0 Å². The molecule has 2 unspecified atom stereocenters. The third-order valence-corrected chi connectivity index (χ3v) is 5.77. The van der Waals surface area contributed by atoms with Crippen LogP contribution < -0.4 is 10.6 Å². The number of hydrogen-bond acceptors (Lipinski definition) is 6. The molecule has 2 atom stereocenters. The van der Waals surface area contributed by atoms with Crippen LogP contribution in [-0.2, 0) is 19.1 Å². The van der Waals surface area contributed by atoms with Gasteiger partial charge >= 0.3 is 12.1 Å². The number of carbonyl (C=O) groups excluding carboxylic acids is 2. The molecule has 0 spiro atoms. The second-order valence-corrected chi connectivity index (χ2v) is 8.47. The number of nitrogens with one attached hydrogen (secondary N) is 2. The predicted molar refractivity (Wildman–Crippen MR) is 127 cm³/mol. The summed E-state index contributed by atoms with van der Waals surface area (Å²) < 4.78 is 10.5. The maximum atomic E-state index is 12.7. The first-order chi connectivity index (χ1) is 16.3. The molecule has 0 aromatic heterocycles. The van der Waals surface area contributed by atoms with E-state index in [1.807, 2.05) is 67.5 Å². The van der Waals surface area contributed by atoms with Gasteiger partial charge in [-0.25, -0.2) is 9.59 Å². The van der Waals surface area contributed by atoms with Crippen molar-refractivity contribution in [3.63, 3.8) is 0 Å². The van der Waals surface area contributed by atoms with Crippen molar-refractivity contribution < 1.29 is 29.0 Å². The molecular weight excluding hydrogens is 438 g/mol. The van der Waals surface area contributed by atoms with Crippen LogP contribution >= 0.6 is 0 Å². The molecule has 9 nitrogen and oxygen atoms in total. The van der Waals surface area contributed by atoms with Crippen LogP contribution in [0.25, 0.3) is 11.1 Å². The third-order valence-electron chi connectivity index (χ3n) is 5.77. The minimum absolute atomic E-state index is 0.0990. The minimum Gasteiger partial charge on any atom is -0.480 e. The van der Waals surface area contributed by atoms with E-state index >= 15 is 0 Å². The maximum Gasteiger partial charge on any atom is 0.407 e. The highest BCUT2D eigenvalue weighted by Crippen LogP contribution is 2.44. The SMILES string of the molecule is COCC(NC(=O)OCC1c2ccccc2-c2ccccc21)C(=O)NC(CCN(C)C)C(=O)O. The van der Waals surface area contributed by atoms with Gasteiger partial charge in [0.15, 0.2) is 0 Å². The van der Waals surface area contributed by atoms with Gasteiger partial charge in [0.2, 0.25) is 5.91 Å². The fourth-order valence-electron chi connectivity index (χ4n) is 4.05. The normalized spacial score (nSPS) is 14.1. The zero-order chi connectivity index (χ0) is 24.7. The monoisotopic (exact) mass is 469 g/mol. The lowest BCUT2D eigenvalue weighted by atomic mass is 9.98. The third kappa shape index (κ3) is 6.12. The maximum absolute atomic E-state index is 12.7. The van der Waals surface area contributed by atoms with Crippen molar-refractivity contribution in [2.75, 3.05) is 41.0 Å². The molecule has 1 aliphatic carbocycles. The van der Waals surface area contributed by atoms with Crippen LogP contribution in [0.15, 0.2) is 48.5 Å². The number of carbonyl (C=O) groups is 3. The number of ether oxygens (including phenoxy) is 2. The second-order valence-electron chi connectivity index (χ2n) is 8.47. The topological polar surface area (TPSA) is 117 Å². The molecule has 34 heavy (non-hydrogen) atoms. The summed E-state index contributed by atoms with van der Waals surface area (Å²) in [5.74, 6) is -1.91. The zero-order valence-electron chi connectivity index (χ0n) is 19.6. The van der Waals surface area contributed by atoms with Crippen LogP contribution in [0.4, 0.5) is 4.79 Å². The molecule has 182 valence electrons. The number of carboxylic acid groups (broad SMARTS) is 1. The number of alkyl carbamates (subject to hydrolysis) is 1. The van der Waals surface area contributed by atoms with Crippen molar-refractivity contribution in [1.82, 2.24) is 15.5 Å². The smallest absolute Gasteiger partial charge is 0.407 e. The molecule has 0 bridgehead atoms. The summed E-state index contributed by atoms with van der Waals surface area (Å²) in [6.07, 6.45) is -0.558. The number of rotatable bonds is 11. The highest BCUT2D eigenvalue weighted by atomic mass is 16.5. The number of carboxylic acids is 1. The summed E-state index contributed by atoms with van der Waals surface area (Å²) >= 11 is 0. The number of benzene rings is 2. The Balaban J connectivity index is 1.62. The summed E-state index contributed by atoms with van der Waals surface area (Å²) in [6, 6.07) is 13.8. The molecule has 2 aromatic rings. The molecule has 2 aromatic carbocycles. The van der Waals surface area contributed by atoms with Gasteiger partial charge in [0.1, 0.15) is 18.7 Å². The van der Waals surface area contributed by atoms with Crippen molar-refractivity contribution in [1.29, 1.82) is 0 Å². The first-order valence-electron chi connectivity index (χ1n) is 11.1. The van der Waals surface area contributed by atoms with Gasteiger partial charge in [-0.3, -0.25) is 4.79 Å². The van der Waals surface area contributed by atoms with E-state index in [1.165, 1.54) is 7.11 Å². The van der Waals surface area contributed by atoms with Gasteiger partial charge < -0.3 is 30.1 Å². The number of fused-ring (bicyclic) bond motifs is 3. The molecular formula is C25H31N3O6. The number of nitrogens with zero attached hydrogens (tertiary/aromatic N) is 1. The lowest BCUT2D eigenvalue weighted by Crippen LogP contribution is -2.54. The number of methoxy groups -OCH3 is 1. The number of amides is 2. The molecule has 1 aliphatic rings. The highest BCUT2D eigenvalue weighted by Gasteiger charge is 2.30. The van der Waals surface area contributed by atoms with Gasteiger partial charge in [-0.15, -0.1) is 0 Å². The summed E-state index contributed by atoms with van der Waals surface area (Å²) in [7, 11) is 5.01. The Hall–Kier alpha value is -3.43. The molecule has 9 heteroatoms. The Morgan fingerprint density at radius 2 is 1.56 bits per heavy atom. The van der Waals surface area contributed by atoms with E-state index in [9.17, 15) is 19.5 Å². The highest BCUT2D eigenvalue weighted by molar-refractivity contribution is 5.89. The van der Waals surface area contributed by atoms with E-state index in [4.69, 9.17) is 9.47 Å². The van der Waals surface area contributed by atoms with Crippen LogP contribution in [-0.4, -0.2) is 81.0 Å². The Bertz CT molecular complexity index is 980. The van der Waals surface area contributed by atoms with Gasteiger partial charge in [0.05, 0.1) is 6.61 Å². The van der Waals surface area contributed by atoms with E-state index < -0.39 is 30.1 Å². The predicted octanol–water partition coefficient (Wildman–Crippen LogP) is 2.06. The fourth-order valence-corrected chi connectivity index (χ4v) is 4.05. The Labute approximate surface area is 199 Å². The molecule has 0 fully saturated rings. The molecule has 0 radical (unpaired) electrons. The van der Waals surface area contributed by atoms with Crippen LogP contribution in [0.3, 0.4) is 0 Å². The van der Waals surface area contributed by atoms with Crippen molar-refractivity contribution in [3.05, 3.63) is 59.7 Å². The molecule has 0 saturated heterocycles. The summed E-state index contributed by atoms with van der Waals surface area (Å²) in [5, 5.41) is 14.4. The molecule has 3 N–H and O–H groups in total. The first-order valence-corrected chi connectivity index (χ1v) is 11.1. The first kappa shape index (κ1) is 25.2. The minimum atomic E-state index is -1.15. The van der Waals surface area contributed by atoms with Gasteiger partial charge in [-0.2, -0.15) is 0 Å². The van der Waals surface area contributed by atoms with Crippen molar-refractivity contribution in [3.8, 4) is 11.1 Å². The van der Waals surface area contributed by atoms with E-state index in [2.05, 4.69) is 10.6 Å². The van der Waals surface area contributed by atoms with Crippen LogP contribution in [0.1, 0.15) is 23.5 Å². The van der Waals surface area contributed by atoms with Gasteiger partial charge in [-0.05, 0) is 42.8 Å². The molecule has 3 rings (SSSR count). The molecule has 2 amide bonds. The van der Waals surface area contributed by atoms with Crippen molar-refractivity contribution in [2.24, 2.45) is 0 Å². The average Bonchev–Trinajstić information content (AvgIpc) is 3.13. The second kappa shape index (κ2) is 11.6. The summed E-state index contributed by atoms with van der Waals surface area (Å²) in [5.41, 5.74) is 4.38. The van der Waals surface area contributed by atoms with E-state index in [1.54, 1.807) is 0 Å². The average molecular weight is 470 g/mol. The quantitative estimate of drug-likeness (QED) is 0.461. The lowest BCUT2D eigenvalue weighted by molar-refractivity contribution is -0.142. The number of aliphatic carboxylic acids is 1. The lowest BCUT2D eigenvalue weighted by Gasteiger charge is -2.22. The summed E-state index contributed by atoms with van der Waals surface area (Å²) in [6.45, 7) is 0.448. The van der Waals surface area contributed by atoms with Crippen LogP contribution in [0, 0.1) is 0 Å². The Kier molecular flexibility index (Phi) is 8.61.